The Morgan fingerprint density at radius 2 is 1.61 bits per heavy atom. The van der Waals surface area contributed by atoms with E-state index in [0.29, 0.717) is 23.7 Å². The zero-order chi connectivity index (χ0) is 20.5. The van der Waals surface area contributed by atoms with Crippen LogP contribution in [0.25, 0.3) is 0 Å². The summed E-state index contributed by atoms with van der Waals surface area (Å²) in [6.07, 6.45) is 0.457. The van der Waals surface area contributed by atoms with Crippen molar-refractivity contribution in [2.45, 2.75) is 25.3 Å². The fraction of sp³-hybridized carbons (Fsp3) is 0.333. The largest absolute Gasteiger partial charge is 0.493 e. The second-order valence-electron chi connectivity index (χ2n) is 6.16. The zero-order valence-electron chi connectivity index (χ0n) is 16.2. The maximum absolute atomic E-state index is 12.4. The number of methoxy groups -OCH3 is 3. The first-order valence-electron chi connectivity index (χ1n) is 8.83. The van der Waals surface area contributed by atoms with Gasteiger partial charge in [-0.2, -0.15) is 0 Å². The maximum atomic E-state index is 12.4. The van der Waals surface area contributed by atoms with E-state index in [2.05, 4.69) is 5.32 Å². The van der Waals surface area contributed by atoms with Gasteiger partial charge in [0.2, 0.25) is 11.7 Å². The highest BCUT2D eigenvalue weighted by Crippen LogP contribution is 2.38. The van der Waals surface area contributed by atoms with Crippen LogP contribution in [-0.2, 0) is 16.0 Å². The van der Waals surface area contributed by atoms with Gasteiger partial charge in [-0.1, -0.05) is 30.3 Å². The molecule has 1 atom stereocenters. The molecule has 0 spiro atoms. The first-order chi connectivity index (χ1) is 13.5. The summed E-state index contributed by atoms with van der Waals surface area (Å²) in [7, 11) is 4.59. The summed E-state index contributed by atoms with van der Waals surface area (Å²) in [6, 6.07) is 12.1. The van der Waals surface area contributed by atoms with E-state index in [1.807, 2.05) is 18.2 Å². The number of aliphatic carboxylic acids is 1. The summed E-state index contributed by atoms with van der Waals surface area (Å²) in [6.45, 7) is 0. The number of hydrogen-bond donors (Lipinski definition) is 2. The molecule has 0 heterocycles. The lowest BCUT2D eigenvalue weighted by atomic mass is 10.0. The van der Waals surface area contributed by atoms with Gasteiger partial charge in [-0.3, -0.25) is 9.59 Å². The number of amides is 1. The zero-order valence-corrected chi connectivity index (χ0v) is 16.2. The van der Waals surface area contributed by atoms with Crippen LogP contribution in [0.1, 0.15) is 30.0 Å². The van der Waals surface area contributed by atoms with Crippen LogP contribution in [0.5, 0.6) is 17.2 Å². The maximum Gasteiger partial charge on any atom is 0.305 e. The Morgan fingerprint density at radius 3 is 2.11 bits per heavy atom. The highest BCUT2D eigenvalue weighted by atomic mass is 16.5. The molecular formula is C21H25NO6. The van der Waals surface area contributed by atoms with Gasteiger partial charge >= 0.3 is 5.97 Å². The van der Waals surface area contributed by atoms with Crippen LogP contribution in [0.15, 0.2) is 42.5 Å². The Labute approximate surface area is 164 Å². The normalized spacial score (nSPS) is 11.4. The number of benzene rings is 2. The van der Waals surface area contributed by atoms with Crippen LogP contribution < -0.4 is 19.5 Å². The van der Waals surface area contributed by atoms with E-state index in [0.717, 1.165) is 11.1 Å². The Morgan fingerprint density at radius 1 is 1.00 bits per heavy atom. The van der Waals surface area contributed by atoms with Gasteiger partial charge in [-0.05, 0) is 29.7 Å². The van der Waals surface area contributed by atoms with E-state index in [4.69, 9.17) is 19.3 Å². The molecule has 7 heteroatoms. The summed E-state index contributed by atoms with van der Waals surface area (Å²) in [4.78, 5) is 23.6. The van der Waals surface area contributed by atoms with E-state index in [-0.39, 0.29) is 18.7 Å². The molecule has 0 saturated carbocycles. The smallest absolute Gasteiger partial charge is 0.305 e. The Hall–Kier alpha value is -3.22. The fourth-order valence-corrected chi connectivity index (χ4v) is 2.92. The van der Waals surface area contributed by atoms with Gasteiger partial charge in [0.15, 0.2) is 11.5 Å². The number of carbonyl (C=O) groups excluding carboxylic acids is 1. The number of carboxylic acids is 1. The molecule has 2 aromatic rings. The van der Waals surface area contributed by atoms with Crippen LogP contribution in [0.3, 0.4) is 0 Å². The molecule has 7 nitrogen and oxygen atoms in total. The van der Waals surface area contributed by atoms with E-state index in [9.17, 15) is 9.59 Å². The molecule has 0 saturated heterocycles. The number of aryl methyl sites for hydroxylation is 1. The summed E-state index contributed by atoms with van der Waals surface area (Å²) < 4.78 is 15.9. The third-order valence-electron chi connectivity index (χ3n) is 4.28. The molecule has 150 valence electrons. The summed E-state index contributed by atoms with van der Waals surface area (Å²) >= 11 is 0. The van der Waals surface area contributed by atoms with Gasteiger partial charge in [0.1, 0.15) is 0 Å². The average Bonchev–Trinajstić information content (AvgIpc) is 2.71. The third kappa shape index (κ3) is 5.64. The lowest BCUT2D eigenvalue weighted by Crippen LogP contribution is -2.30. The highest BCUT2D eigenvalue weighted by molar-refractivity contribution is 5.78. The Balaban J connectivity index is 2.07. The third-order valence-corrected chi connectivity index (χ3v) is 4.28. The van der Waals surface area contributed by atoms with Crippen molar-refractivity contribution < 1.29 is 28.9 Å². The van der Waals surface area contributed by atoms with Crippen LogP contribution in [0, 0.1) is 0 Å². The second-order valence-corrected chi connectivity index (χ2v) is 6.16. The molecule has 2 rings (SSSR count). The Bertz CT molecular complexity index is 781. The fourth-order valence-electron chi connectivity index (χ4n) is 2.92. The molecule has 1 amide bonds. The minimum absolute atomic E-state index is 0.181. The second kappa shape index (κ2) is 10.2. The van der Waals surface area contributed by atoms with E-state index >= 15 is 0 Å². The van der Waals surface area contributed by atoms with Crippen molar-refractivity contribution >= 4 is 11.9 Å². The SMILES string of the molecule is COc1cc(CCC(=O)NC(CC(=O)O)c2ccccc2)cc(OC)c1OC. The lowest BCUT2D eigenvalue weighted by molar-refractivity contribution is -0.137. The monoisotopic (exact) mass is 387 g/mol. The molecular weight excluding hydrogens is 362 g/mol. The molecule has 0 aromatic heterocycles. The van der Waals surface area contributed by atoms with Crippen molar-refractivity contribution in [3.05, 3.63) is 53.6 Å². The van der Waals surface area contributed by atoms with Gasteiger partial charge in [-0.15, -0.1) is 0 Å². The van der Waals surface area contributed by atoms with Crippen molar-refractivity contribution in [2.24, 2.45) is 0 Å². The molecule has 28 heavy (non-hydrogen) atoms. The summed E-state index contributed by atoms with van der Waals surface area (Å²) in [5.74, 6) is 0.321. The van der Waals surface area contributed by atoms with E-state index < -0.39 is 12.0 Å². The minimum Gasteiger partial charge on any atom is -0.493 e. The number of carboxylic acid groups (broad SMARTS) is 1. The van der Waals surface area contributed by atoms with Gasteiger partial charge in [-0.25, -0.2) is 0 Å². The van der Waals surface area contributed by atoms with Crippen molar-refractivity contribution in [2.75, 3.05) is 21.3 Å². The minimum atomic E-state index is -0.973. The topological polar surface area (TPSA) is 94.1 Å². The van der Waals surface area contributed by atoms with E-state index in [1.54, 1.807) is 24.3 Å². The molecule has 0 radical (unpaired) electrons. The number of nitrogens with one attached hydrogen (secondary N) is 1. The van der Waals surface area contributed by atoms with Crippen LogP contribution in [0.4, 0.5) is 0 Å². The lowest BCUT2D eigenvalue weighted by Gasteiger charge is -2.18. The molecule has 0 fully saturated rings. The number of ether oxygens (including phenoxy) is 3. The molecule has 1 unspecified atom stereocenters. The van der Waals surface area contributed by atoms with Crippen molar-refractivity contribution in [3.8, 4) is 17.2 Å². The van der Waals surface area contributed by atoms with Gasteiger partial charge < -0.3 is 24.6 Å². The average molecular weight is 387 g/mol. The van der Waals surface area contributed by atoms with Gasteiger partial charge in [0.05, 0.1) is 33.8 Å². The molecule has 2 aromatic carbocycles. The Kier molecular flexibility index (Phi) is 7.68. The van der Waals surface area contributed by atoms with Crippen LogP contribution >= 0.6 is 0 Å². The molecule has 0 bridgehead atoms. The molecule has 0 aliphatic heterocycles. The highest BCUT2D eigenvalue weighted by Gasteiger charge is 2.18. The predicted octanol–water partition coefficient (Wildman–Crippen LogP) is 2.98. The number of rotatable bonds is 10. The molecule has 0 aliphatic carbocycles. The molecule has 2 N–H and O–H groups in total. The first-order valence-corrected chi connectivity index (χ1v) is 8.83. The predicted molar refractivity (Wildman–Crippen MR) is 104 cm³/mol. The standard InChI is InChI=1S/C21H25NO6/c1-26-17-11-14(12-18(27-2)21(17)28-3)9-10-19(23)22-16(13-20(24)25)15-7-5-4-6-8-15/h4-8,11-12,16H,9-10,13H2,1-3H3,(H,22,23)(H,24,25). The molecule has 0 aliphatic rings. The summed E-state index contributed by atoms with van der Waals surface area (Å²) in [5.41, 5.74) is 1.60. The van der Waals surface area contributed by atoms with E-state index in [1.165, 1.54) is 21.3 Å². The number of carbonyl (C=O) groups is 2. The summed E-state index contributed by atoms with van der Waals surface area (Å²) in [5, 5.41) is 11.9. The van der Waals surface area contributed by atoms with Crippen molar-refractivity contribution in [1.29, 1.82) is 0 Å². The van der Waals surface area contributed by atoms with Crippen LogP contribution in [0.2, 0.25) is 0 Å². The van der Waals surface area contributed by atoms with Gasteiger partial charge in [0.25, 0.3) is 0 Å². The van der Waals surface area contributed by atoms with Crippen LogP contribution in [-0.4, -0.2) is 38.3 Å². The van der Waals surface area contributed by atoms with Crippen molar-refractivity contribution in [3.63, 3.8) is 0 Å². The number of hydrogen-bond acceptors (Lipinski definition) is 5. The van der Waals surface area contributed by atoms with Gasteiger partial charge in [0, 0.05) is 6.42 Å². The quantitative estimate of drug-likeness (QED) is 0.651. The van der Waals surface area contributed by atoms with Crippen molar-refractivity contribution in [1.82, 2.24) is 5.32 Å². The first kappa shape index (κ1) is 21.1.